The van der Waals surface area contributed by atoms with Crippen LogP contribution in [0, 0.1) is 5.82 Å². The van der Waals surface area contributed by atoms with Crippen molar-refractivity contribution >= 4 is 10.0 Å². The summed E-state index contributed by atoms with van der Waals surface area (Å²) in [5.41, 5.74) is 0.593. The molecule has 0 aliphatic carbocycles. The Bertz CT molecular complexity index is 502. The average Bonchev–Trinajstić information content (AvgIpc) is 2.29. The molecule has 0 radical (unpaired) electrons. The SMILES string of the molecule is CCCS(=O)(=O)N(C)Cc1ccc(OC)c(F)c1. The second kappa shape index (κ2) is 6.15. The van der Waals surface area contributed by atoms with Crippen LogP contribution in [0.5, 0.6) is 5.75 Å². The fraction of sp³-hybridized carbons (Fsp3) is 0.500. The van der Waals surface area contributed by atoms with Crippen LogP contribution in [-0.2, 0) is 16.6 Å². The summed E-state index contributed by atoms with van der Waals surface area (Å²) >= 11 is 0. The number of methoxy groups -OCH3 is 1. The molecule has 1 rings (SSSR count). The van der Waals surface area contributed by atoms with Crippen LogP contribution in [0.2, 0.25) is 0 Å². The van der Waals surface area contributed by atoms with Gasteiger partial charge in [0.15, 0.2) is 11.6 Å². The molecule has 0 bridgehead atoms. The summed E-state index contributed by atoms with van der Waals surface area (Å²) < 4.78 is 43.0. The van der Waals surface area contributed by atoms with E-state index in [-0.39, 0.29) is 18.0 Å². The Morgan fingerprint density at radius 1 is 1.39 bits per heavy atom. The van der Waals surface area contributed by atoms with Gasteiger partial charge in [0.1, 0.15) is 0 Å². The van der Waals surface area contributed by atoms with E-state index in [0.717, 1.165) is 0 Å². The molecule has 0 saturated carbocycles. The Hall–Kier alpha value is -1.14. The van der Waals surface area contributed by atoms with Gasteiger partial charge in [0.2, 0.25) is 10.0 Å². The zero-order valence-corrected chi connectivity index (χ0v) is 11.6. The van der Waals surface area contributed by atoms with Crippen molar-refractivity contribution in [2.45, 2.75) is 19.9 Å². The summed E-state index contributed by atoms with van der Waals surface area (Å²) in [5, 5.41) is 0. The number of benzene rings is 1. The second-order valence-electron chi connectivity index (χ2n) is 4.04. The fourth-order valence-corrected chi connectivity index (χ4v) is 2.75. The molecule has 6 heteroatoms. The van der Waals surface area contributed by atoms with Crippen molar-refractivity contribution in [1.29, 1.82) is 0 Å². The lowest BCUT2D eigenvalue weighted by atomic mass is 10.2. The minimum absolute atomic E-state index is 0.0993. The molecule has 0 unspecified atom stereocenters. The number of hydrogen-bond acceptors (Lipinski definition) is 3. The second-order valence-corrected chi connectivity index (χ2v) is 6.24. The molecule has 0 aromatic heterocycles. The third-order valence-corrected chi connectivity index (χ3v) is 4.56. The largest absolute Gasteiger partial charge is 0.494 e. The summed E-state index contributed by atoms with van der Waals surface area (Å²) in [6.45, 7) is 1.96. The molecule has 0 fully saturated rings. The van der Waals surface area contributed by atoms with E-state index in [1.165, 1.54) is 30.6 Å². The van der Waals surface area contributed by atoms with Gasteiger partial charge in [-0.3, -0.25) is 0 Å². The van der Waals surface area contributed by atoms with Gasteiger partial charge in [0, 0.05) is 13.6 Å². The van der Waals surface area contributed by atoms with Crippen LogP contribution in [0.15, 0.2) is 18.2 Å². The monoisotopic (exact) mass is 275 g/mol. The van der Waals surface area contributed by atoms with Crippen molar-refractivity contribution in [2.24, 2.45) is 0 Å². The molecular weight excluding hydrogens is 257 g/mol. The highest BCUT2D eigenvalue weighted by atomic mass is 32.2. The van der Waals surface area contributed by atoms with Gasteiger partial charge in [0.05, 0.1) is 12.9 Å². The van der Waals surface area contributed by atoms with E-state index in [1.807, 2.05) is 0 Å². The first kappa shape index (κ1) is 14.9. The maximum atomic E-state index is 13.5. The van der Waals surface area contributed by atoms with Gasteiger partial charge in [-0.1, -0.05) is 13.0 Å². The Morgan fingerprint density at radius 3 is 2.56 bits per heavy atom. The standard InChI is InChI=1S/C12H18FNO3S/c1-4-7-18(15,16)14(2)9-10-5-6-12(17-3)11(13)8-10/h5-6,8H,4,7,9H2,1-3H3. The van der Waals surface area contributed by atoms with Gasteiger partial charge in [-0.05, 0) is 24.1 Å². The van der Waals surface area contributed by atoms with Crippen molar-refractivity contribution in [3.8, 4) is 5.75 Å². The smallest absolute Gasteiger partial charge is 0.214 e. The zero-order chi connectivity index (χ0) is 13.8. The van der Waals surface area contributed by atoms with Gasteiger partial charge in [0.25, 0.3) is 0 Å². The number of halogens is 1. The summed E-state index contributed by atoms with van der Waals surface area (Å²) in [6, 6.07) is 4.43. The van der Waals surface area contributed by atoms with Crippen molar-refractivity contribution in [3.05, 3.63) is 29.6 Å². The Morgan fingerprint density at radius 2 is 2.06 bits per heavy atom. The van der Waals surface area contributed by atoms with E-state index in [0.29, 0.717) is 12.0 Å². The highest BCUT2D eigenvalue weighted by Gasteiger charge is 2.17. The molecule has 0 aliphatic heterocycles. The Kier molecular flexibility index (Phi) is 5.10. The molecule has 0 saturated heterocycles. The molecule has 1 aromatic carbocycles. The lowest BCUT2D eigenvalue weighted by Crippen LogP contribution is -2.28. The van der Waals surface area contributed by atoms with Crippen LogP contribution in [0.25, 0.3) is 0 Å². The topological polar surface area (TPSA) is 46.6 Å². The lowest BCUT2D eigenvalue weighted by molar-refractivity contribution is 0.385. The summed E-state index contributed by atoms with van der Waals surface area (Å²) in [5.74, 6) is -0.239. The molecule has 0 spiro atoms. The van der Waals surface area contributed by atoms with Crippen LogP contribution in [-0.4, -0.2) is 32.6 Å². The number of hydrogen-bond donors (Lipinski definition) is 0. The summed E-state index contributed by atoms with van der Waals surface area (Å²) in [7, 11) is -0.379. The first-order valence-corrected chi connectivity index (χ1v) is 7.28. The molecule has 0 aliphatic rings. The zero-order valence-electron chi connectivity index (χ0n) is 10.8. The number of rotatable bonds is 6. The molecule has 0 N–H and O–H groups in total. The number of ether oxygens (including phenoxy) is 1. The van der Waals surface area contributed by atoms with Crippen molar-refractivity contribution in [2.75, 3.05) is 19.9 Å². The van der Waals surface area contributed by atoms with E-state index in [1.54, 1.807) is 13.0 Å². The fourth-order valence-electron chi connectivity index (χ4n) is 1.58. The maximum absolute atomic E-state index is 13.5. The lowest BCUT2D eigenvalue weighted by Gasteiger charge is -2.17. The van der Waals surface area contributed by atoms with Crippen molar-refractivity contribution in [1.82, 2.24) is 4.31 Å². The van der Waals surface area contributed by atoms with Crippen molar-refractivity contribution in [3.63, 3.8) is 0 Å². The van der Waals surface area contributed by atoms with Gasteiger partial charge in [-0.2, -0.15) is 0 Å². The van der Waals surface area contributed by atoms with Crippen LogP contribution in [0.1, 0.15) is 18.9 Å². The third-order valence-electron chi connectivity index (χ3n) is 2.56. The van der Waals surface area contributed by atoms with E-state index in [9.17, 15) is 12.8 Å². The van der Waals surface area contributed by atoms with Gasteiger partial charge in [-0.25, -0.2) is 17.1 Å². The van der Waals surface area contributed by atoms with Crippen LogP contribution >= 0.6 is 0 Å². The van der Waals surface area contributed by atoms with Crippen LogP contribution in [0.3, 0.4) is 0 Å². The third kappa shape index (κ3) is 3.68. The van der Waals surface area contributed by atoms with Crippen LogP contribution < -0.4 is 4.74 Å². The molecular formula is C12H18FNO3S. The van der Waals surface area contributed by atoms with Gasteiger partial charge >= 0.3 is 0 Å². The first-order valence-electron chi connectivity index (χ1n) is 5.67. The molecule has 102 valence electrons. The predicted molar refractivity (Wildman–Crippen MR) is 68.5 cm³/mol. The van der Waals surface area contributed by atoms with Crippen LogP contribution in [0.4, 0.5) is 4.39 Å². The predicted octanol–water partition coefficient (Wildman–Crippen LogP) is 2.01. The normalized spacial score (nSPS) is 11.8. The molecule has 0 heterocycles. The van der Waals surface area contributed by atoms with Gasteiger partial charge < -0.3 is 4.74 Å². The van der Waals surface area contributed by atoms with Crippen molar-refractivity contribution < 1.29 is 17.5 Å². The maximum Gasteiger partial charge on any atom is 0.214 e. The van der Waals surface area contributed by atoms with Gasteiger partial charge in [-0.15, -0.1) is 0 Å². The molecule has 1 aromatic rings. The Balaban J connectivity index is 2.82. The number of sulfonamides is 1. The van der Waals surface area contributed by atoms with E-state index >= 15 is 0 Å². The molecule has 4 nitrogen and oxygen atoms in total. The van der Waals surface area contributed by atoms with E-state index in [2.05, 4.69) is 0 Å². The summed E-state index contributed by atoms with van der Waals surface area (Å²) in [6.07, 6.45) is 0.559. The van der Waals surface area contributed by atoms with E-state index < -0.39 is 15.8 Å². The summed E-state index contributed by atoms with van der Waals surface area (Å²) in [4.78, 5) is 0. The number of nitrogens with zero attached hydrogens (tertiary/aromatic N) is 1. The minimum atomic E-state index is -3.26. The van der Waals surface area contributed by atoms with E-state index in [4.69, 9.17) is 4.74 Å². The highest BCUT2D eigenvalue weighted by molar-refractivity contribution is 7.89. The molecule has 0 amide bonds. The minimum Gasteiger partial charge on any atom is -0.494 e. The molecule has 0 atom stereocenters. The average molecular weight is 275 g/mol. The Labute approximate surface area is 107 Å². The first-order chi connectivity index (χ1) is 8.40. The quantitative estimate of drug-likeness (QED) is 0.798. The highest BCUT2D eigenvalue weighted by Crippen LogP contribution is 2.19. The molecule has 18 heavy (non-hydrogen) atoms.